The molecule has 0 aromatic heterocycles. The first-order chi connectivity index (χ1) is 5.19. The Bertz CT molecular complexity index is 233. The fourth-order valence-electron chi connectivity index (χ4n) is 0.829. The second-order valence-electron chi connectivity index (χ2n) is 2.16. The Kier molecular flexibility index (Phi) is 1.66. The molecule has 0 spiro atoms. The highest BCUT2D eigenvalue weighted by Gasteiger charge is 2.70. The first kappa shape index (κ1) is 9.34. The zero-order valence-electron chi connectivity index (χ0n) is 5.22. The molecule has 1 aliphatic rings. The van der Waals surface area contributed by atoms with Crippen molar-refractivity contribution in [2.45, 2.75) is 18.5 Å². The third-order valence-corrected chi connectivity index (χ3v) is 1.36. The lowest BCUT2D eigenvalue weighted by Crippen LogP contribution is -2.13. The highest BCUT2D eigenvalue weighted by atomic mass is 19.4. The predicted octanol–water partition coefficient (Wildman–Crippen LogP) is 2.76. The minimum absolute atomic E-state index is 2.10. The quantitative estimate of drug-likeness (QED) is 0.444. The van der Waals surface area contributed by atoms with Crippen LogP contribution in [0.5, 0.6) is 0 Å². The number of halogens is 7. The SMILES string of the molecule is FC(F)C1=C(C(F)(F)F)C1(F)F. The second kappa shape index (κ2) is 2.14. The number of hydrogen-bond acceptors (Lipinski definition) is 0. The molecule has 0 radical (unpaired) electrons. The summed E-state index contributed by atoms with van der Waals surface area (Å²) in [6.07, 6.45) is -9.09. The molecule has 12 heavy (non-hydrogen) atoms. The third-order valence-electron chi connectivity index (χ3n) is 1.36. The number of alkyl halides is 7. The Balaban J connectivity index is 2.93. The van der Waals surface area contributed by atoms with Crippen LogP contribution in [0.1, 0.15) is 0 Å². The molecular weight excluding hydrogens is 193 g/mol. The highest BCUT2D eigenvalue weighted by molar-refractivity contribution is 5.53. The van der Waals surface area contributed by atoms with E-state index in [0.29, 0.717) is 0 Å². The van der Waals surface area contributed by atoms with Crippen molar-refractivity contribution in [2.75, 3.05) is 0 Å². The van der Waals surface area contributed by atoms with Gasteiger partial charge in [0.05, 0.1) is 5.57 Å². The van der Waals surface area contributed by atoms with Crippen LogP contribution in [0.3, 0.4) is 0 Å². The van der Waals surface area contributed by atoms with Gasteiger partial charge in [-0.15, -0.1) is 0 Å². The van der Waals surface area contributed by atoms with Gasteiger partial charge < -0.3 is 0 Å². The smallest absolute Gasteiger partial charge is 0.205 e. The summed E-state index contributed by atoms with van der Waals surface area (Å²) in [5, 5.41) is 0. The fourth-order valence-corrected chi connectivity index (χ4v) is 0.829. The summed E-state index contributed by atoms with van der Waals surface area (Å²) in [5.74, 6) is -4.45. The van der Waals surface area contributed by atoms with E-state index in [1.165, 1.54) is 0 Å². The van der Waals surface area contributed by atoms with Gasteiger partial charge in [-0.1, -0.05) is 0 Å². The lowest BCUT2D eigenvalue weighted by molar-refractivity contribution is -0.103. The van der Waals surface area contributed by atoms with Gasteiger partial charge >= 0.3 is 12.1 Å². The van der Waals surface area contributed by atoms with E-state index in [9.17, 15) is 30.7 Å². The van der Waals surface area contributed by atoms with E-state index in [1.807, 2.05) is 0 Å². The van der Waals surface area contributed by atoms with Gasteiger partial charge in [0.2, 0.25) is 0 Å². The number of allylic oxidation sites excluding steroid dienone is 2. The van der Waals surface area contributed by atoms with Gasteiger partial charge in [0.25, 0.3) is 6.43 Å². The van der Waals surface area contributed by atoms with Crippen molar-refractivity contribution >= 4 is 0 Å². The van der Waals surface area contributed by atoms with E-state index < -0.39 is 29.7 Å². The van der Waals surface area contributed by atoms with Crippen LogP contribution in [-0.4, -0.2) is 18.5 Å². The summed E-state index contributed by atoms with van der Waals surface area (Å²) in [5.41, 5.74) is -4.50. The molecular formula is C5HF7. The molecule has 0 saturated carbocycles. The van der Waals surface area contributed by atoms with Crippen molar-refractivity contribution in [1.29, 1.82) is 0 Å². The topological polar surface area (TPSA) is 0 Å². The van der Waals surface area contributed by atoms with Crippen molar-refractivity contribution in [3.63, 3.8) is 0 Å². The molecule has 0 aliphatic heterocycles. The summed E-state index contributed by atoms with van der Waals surface area (Å²) >= 11 is 0. The van der Waals surface area contributed by atoms with E-state index >= 15 is 0 Å². The van der Waals surface area contributed by atoms with Crippen molar-refractivity contribution < 1.29 is 30.7 Å². The molecule has 1 rings (SSSR count). The van der Waals surface area contributed by atoms with Crippen molar-refractivity contribution in [2.24, 2.45) is 0 Å². The molecule has 0 amide bonds. The van der Waals surface area contributed by atoms with Gasteiger partial charge in [-0.3, -0.25) is 0 Å². The number of rotatable bonds is 1. The highest BCUT2D eigenvalue weighted by Crippen LogP contribution is 2.58. The van der Waals surface area contributed by atoms with Gasteiger partial charge in [-0.25, -0.2) is 8.78 Å². The summed E-state index contributed by atoms with van der Waals surface area (Å²) in [7, 11) is 0. The summed E-state index contributed by atoms with van der Waals surface area (Å²) in [6.45, 7) is 0. The monoisotopic (exact) mass is 194 g/mol. The standard InChI is InChI=1S/C5HF7/c6-3(7)1-2(4(1,8)9)5(10,11)12/h3H. The van der Waals surface area contributed by atoms with Crippen LogP contribution in [0, 0.1) is 0 Å². The molecule has 0 saturated heterocycles. The first-order valence-electron chi connectivity index (χ1n) is 2.67. The molecule has 0 N–H and O–H groups in total. The van der Waals surface area contributed by atoms with Gasteiger partial charge in [0, 0.05) is 0 Å². The molecule has 0 fully saturated rings. The van der Waals surface area contributed by atoms with Gasteiger partial charge in [0.15, 0.2) is 0 Å². The maximum atomic E-state index is 11.9. The Labute approximate surface area is 61.7 Å². The normalized spacial score (nSPS) is 22.0. The van der Waals surface area contributed by atoms with Gasteiger partial charge in [-0.2, -0.15) is 22.0 Å². The molecule has 0 bridgehead atoms. The lowest BCUT2D eigenvalue weighted by Gasteiger charge is -2.00. The molecule has 0 aromatic rings. The lowest BCUT2D eigenvalue weighted by atomic mass is 10.4. The Morgan fingerprint density at radius 1 is 1.08 bits per heavy atom. The van der Waals surface area contributed by atoms with Crippen molar-refractivity contribution in [3.05, 3.63) is 11.1 Å². The largest absolute Gasteiger partial charge is 0.419 e. The molecule has 0 aromatic carbocycles. The van der Waals surface area contributed by atoms with Crippen molar-refractivity contribution in [1.82, 2.24) is 0 Å². The Morgan fingerprint density at radius 2 is 1.50 bits per heavy atom. The molecule has 0 heterocycles. The Hall–Kier alpha value is -0.750. The van der Waals surface area contributed by atoms with E-state index in [2.05, 4.69) is 0 Å². The molecule has 0 nitrogen and oxygen atoms in total. The van der Waals surface area contributed by atoms with E-state index in [0.717, 1.165) is 0 Å². The third kappa shape index (κ3) is 1.16. The summed E-state index contributed by atoms with van der Waals surface area (Å²) in [6, 6.07) is 0. The second-order valence-corrected chi connectivity index (χ2v) is 2.16. The molecule has 0 unspecified atom stereocenters. The fraction of sp³-hybridized carbons (Fsp3) is 0.600. The zero-order chi connectivity index (χ0) is 9.73. The van der Waals surface area contributed by atoms with Crippen LogP contribution in [0.25, 0.3) is 0 Å². The predicted molar refractivity (Wildman–Crippen MR) is 24.0 cm³/mol. The summed E-state index contributed by atoms with van der Waals surface area (Å²) in [4.78, 5) is 0. The summed E-state index contributed by atoms with van der Waals surface area (Å²) < 4.78 is 81.2. The molecule has 7 heteroatoms. The average molecular weight is 194 g/mol. The van der Waals surface area contributed by atoms with Gasteiger partial charge in [0.1, 0.15) is 5.57 Å². The molecule has 70 valence electrons. The van der Waals surface area contributed by atoms with Crippen LogP contribution in [0.15, 0.2) is 11.1 Å². The maximum Gasteiger partial charge on any atom is 0.419 e. The van der Waals surface area contributed by atoms with Crippen molar-refractivity contribution in [3.8, 4) is 0 Å². The first-order valence-corrected chi connectivity index (χ1v) is 2.67. The molecule has 1 aliphatic carbocycles. The Morgan fingerprint density at radius 3 is 1.58 bits per heavy atom. The number of hydrogen-bond donors (Lipinski definition) is 0. The minimum Gasteiger partial charge on any atom is -0.205 e. The zero-order valence-corrected chi connectivity index (χ0v) is 5.22. The van der Waals surface area contributed by atoms with Crippen LogP contribution in [-0.2, 0) is 0 Å². The maximum absolute atomic E-state index is 11.9. The van der Waals surface area contributed by atoms with E-state index in [1.54, 1.807) is 0 Å². The van der Waals surface area contributed by atoms with Gasteiger partial charge in [-0.05, 0) is 0 Å². The van der Waals surface area contributed by atoms with Crippen LogP contribution >= 0.6 is 0 Å². The average Bonchev–Trinajstić information content (AvgIpc) is 2.31. The minimum atomic E-state index is -5.35. The van der Waals surface area contributed by atoms with E-state index in [4.69, 9.17) is 0 Å². The molecule has 0 atom stereocenters. The van der Waals surface area contributed by atoms with Crippen LogP contribution in [0.4, 0.5) is 30.7 Å². The van der Waals surface area contributed by atoms with Crippen LogP contribution < -0.4 is 0 Å². The van der Waals surface area contributed by atoms with E-state index in [-0.39, 0.29) is 0 Å². The van der Waals surface area contributed by atoms with Crippen LogP contribution in [0.2, 0.25) is 0 Å².